The lowest BCUT2D eigenvalue weighted by Crippen LogP contribution is -1.90. The van der Waals surface area contributed by atoms with E-state index in [0.29, 0.717) is 27.7 Å². The van der Waals surface area contributed by atoms with Crippen molar-refractivity contribution in [3.63, 3.8) is 0 Å². The number of nitrogen functional groups attached to an aromatic ring is 1. The molecule has 6 heteroatoms. The number of nitriles is 1. The summed E-state index contributed by atoms with van der Waals surface area (Å²) in [6, 6.07) is 11.7. The topological polar surface area (TPSA) is 78.5 Å². The number of anilines is 1. The molecule has 3 N–H and O–H groups in total. The number of H-pyrrole nitrogens is 1. The quantitative estimate of drug-likeness (QED) is 0.573. The maximum Gasteiger partial charge on any atom is 0.166 e. The average molecular weight is 298 g/mol. The van der Waals surface area contributed by atoms with Crippen LogP contribution in [0.1, 0.15) is 11.1 Å². The zero-order valence-electron chi connectivity index (χ0n) is 10.9. The predicted molar refractivity (Wildman–Crippen MR) is 81.2 cm³/mol. The maximum absolute atomic E-state index is 13.3. The number of imidazole rings is 1. The van der Waals surface area contributed by atoms with E-state index in [0.717, 1.165) is 11.0 Å². The van der Waals surface area contributed by atoms with Crippen LogP contribution in [0.15, 0.2) is 41.6 Å². The molecule has 0 amide bonds. The Morgan fingerprint density at radius 2 is 2.14 bits per heavy atom. The van der Waals surface area contributed by atoms with Crippen molar-refractivity contribution in [2.45, 2.75) is 10.9 Å². The predicted octanol–water partition coefficient (Wildman–Crippen LogP) is 3.45. The van der Waals surface area contributed by atoms with E-state index >= 15 is 0 Å². The number of nitrogens with two attached hydrogens (primary N) is 1. The van der Waals surface area contributed by atoms with Crippen molar-refractivity contribution in [1.82, 2.24) is 9.97 Å². The van der Waals surface area contributed by atoms with E-state index in [9.17, 15) is 4.39 Å². The van der Waals surface area contributed by atoms with Gasteiger partial charge in [-0.15, -0.1) is 0 Å². The molecule has 0 spiro atoms. The van der Waals surface area contributed by atoms with Crippen LogP contribution in [-0.4, -0.2) is 9.97 Å². The van der Waals surface area contributed by atoms with Gasteiger partial charge in [0, 0.05) is 11.4 Å². The third-order valence-electron chi connectivity index (χ3n) is 3.04. The number of hydrogen-bond donors (Lipinski definition) is 2. The molecule has 0 saturated heterocycles. The molecule has 0 saturated carbocycles. The highest BCUT2D eigenvalue weighted by atomic mass is 32.2. The Morgan fingerprint density at radius 3 is 2.95 bits per heavy atom. The summed E-state index contributed by atoms with van der Waals surface area (Å²) in [5.41, 5.74) is 9.20. The van der Waals surface area contributed by atoms with Gasteiger partial charge in [-0.25, -0.2) is 9.37 Å². The molecule has 104 valence electrons. The lowest BCUT2D eigenvalue weighted by atomic mass is 10.1. The lowest BCUT2D eigenvalue weighted by molar-refractivity contribution is 0.626. The van der Waals surface area contributed by atoms with Crippen LogP contribution in [0.5, 0.6) is 0 Å². The molecule has 0 fully saturated rings. The van der Waals surface area contributed by atoms with Gasteiger partial charge >= 0.3 is 0 Å². The van der Waals surface area contributed by atoms with Gasteiger partial charge in [0.15, 0.2) is 5.16 Å². The Morgan fingerprint density at radius 1 is 1.29 bits per heavy atom. The number of thioether (sulfide) groups is 1. The van der Waals surface area contributed by atoms with Crippen LogP contribution in [0.2, 0.25) is 0 Å². The summed E-state index contributed by atoms with van der Waals surface area (Å²) < 4.78 is 13.3. The maximum atomic E-state index is 13.3. The highest BCUT2D eigenvalue weighted by molar-refractivity contribution is 7.98. The van der Waals surface area contributed by atoms with Crippen LogP contribution >= 0.6 is 11.8 Å². The zero-order valence-corrected chi connectivity index (χ0v) is 11.7. The molecule has 0 aliphatic rings. The van der Waals surface area contributed by atoms with Crippen LogP contribution < -0.4 is 5.73 Å². The Balaban J connectivity index is 1.83. The summed E-state index contributed by atoms with van der Waals surface area (Å²) in [5.74, 6) is 0.123. The van der Waals surface area contributed by atoms with Gasteiger partial charge in [-0.1, -0.05) is 11.8 Å². The lowest BCUT2D eigenvalue weighted by Gasteiger charge is -2.02. The third kappa shape index (κ3) is 2.83. The average Bonchev–Trinajstić information content (AvgIpc) is 2.87. The monoisotopic (exact) mass is 298 g/mol. The molecule has 3 rings (SSSR count). The molecule has 0 unspecified atom stereocenters. The standard InChI is InChI=1S/C15H11FN4S/c16-11-2-1-9(7-17)10(5-11)8-21-15-19-13-4-3-12(18)6-14(13)20-15/h1-6H,8,18H2,(H,19,20). The summed E-state index contributed by atoms with van der Waals surface area (Å²) in [6.45, 7) is 0. The second-order valence-corrected chi connectivity index (χ2v) is 5.48. The number of rotatable bonds is 3. The Labute approximate surface area is 124 Å². The van der Waals surface area contributed by atoms with Crippen molar-refractivity contribution in [1.29, 1.82) is 5.26 Å². The molecule has 1 aromatic heterocycles. The molecule has 0 aliphatic heterocycles. The van der Waals surface area contributed by atoms with Gasteiger partial charge in [-0.3, -0.25) is 0 Å². The molecule has 0 aliphatic carbocycles. The van der Waals surface area contributed by atoms with Crippen molar-refractivity contribution >= 4 is 28.5 Å². The van der Waals surface area contributed by atoms with E-state index in [1.165, 1.54) is 30.0 Å². The summed E-state index contributed by atoms with van der Waals surface area (Å²) in [5, 5.41) is 9.74. The fraction of sp³-hybridized carbons (Fsp3) is 0.0667. The molecule has 0 bridgehead atoms. The van der Waals surface area contributed by atoms with Crippen LogP contribution in [-0.2, 0) is 5.75 Å². The minimum atomic E-state index is -0.345. The number of fused-ring (bicyclic) bond motifs is 1. The van der Waals surface area contributed by atoms with Gasteiger partial charge in [0.1, 0.15) is 5.82 Å². The van der Waals surface area contributed by atoms with Crippen LogP contribution in [0.4, 0.5) is 10.1 Å². The summed E-state index contributed by atoms with van der Waals surface area (Å²) >= 11 is 1.42. The van der Waals surface area contributed by atoms with Crippen LogP contribution in [0.25, 0.3) is 11.0 Å². The number of nitrogens with zero attached hydrogens (tertiary/aromatic N) is 2. The fourth-order valence-corrected chi connectivity index (χ4v) is 2.89. The number of benzene rings is 2. The zero-order chi connectivity index (χ0) is 14.8. The molecule has 2 aromatic carbocycles. The Bertz CT molecular complexity index is 850. The Hall–Kier alpha value is -2.52. The smallest absolute Gasteiger partial charge is 0.166 e. The number of aromatic amines is 1. The van der Waals surface area contributed by atoms with Crippen molar-refractivity contribution in [2.24, 2.45) is 0 Å². The van der Waals surface area contributed by atoms with Crippen LogP contribution in [0, 0.1) is 17.1 Å². The van der Waals surface area contributed by atoms with Crippen molar-refractivity contribution in [3.05, 3.63) is 53.3 Å². The SMILES string of the molecule is N#Cc1ccc(F)cc1CSc1nc2ccc(N)cc2[nH]1. The number of halogens is 1. The van der Waals surface area contributed by atoms with E-state index < -0.39 is 0 Å². The second-order valence-electron chi connectivity index (χ2n) is 4.52. The molecule has 1 heterocycles. The summed E-state index contributed by atoms with van der Waals surface area (Å²) in [7, 11) is 0. The number of hydrogen-bond acceptors (Lipinski definition) is 4. The van der Waals surface area contributed by atoms with E-state index in [1.807, 2.05) is 12.1 Å². The largest absolute Gasteiger partial charge is 0.399 e. The molecule has 4 nitrogen and oxygen atoms in total. The highest BCUT2D eigenvalue weighted by Crippen LogP contribution is 2.25. The van der Waals surface area contributed by atoms with Gasteiger partial charge in [0.25, 0.3) is 0 Å². The second kappa shape index (κ2) is 5.46. The molecular formula is C15H11FN4S. The third-order valence-corrected chi connectivity index (χ3v) is 3.96. The number of aromatic nitrogens is 2. The molecule has 0 atom stereocenters. The first-order valence-corrected chi connectivity index (χ1v) is 7.21. The Kier molecular flexibility index (Phi) is 3.50. The molecular weight excluding hydrogens is 287 g/mol. The van der Waals surface area contributed by atoms with Crippen molar-refractivity contribution < 1.29 is 4.39 Å². The van der Waals surface area contributed by atoms with E-state index in [4.69, 9.17) is 11.0 Å². The van der Waals surface area contributed by atoms with Gasteiger partial charge in [0.05, 0.1) is 22.7 Å². The van der Waals surface area contributed by atoms with E-state index in [1.54, 1.807) is 6.07 Å². The normalized spacial score (nSPS) is 10.7. The highest BCUT2D eigenvalue weighted by Gasteiger charge is 2.08. The van der Waals surface area contributed by atoms with Gasteiger partial charge in [0.2, 0.25) is 0 Å². The van der Waals surface area contributed by atoms with E-state index in [-0.39, 0.29) is 5.82 Å². The minimum Gasteiger partial charge on any atom is -0.399 e. The number of nitrogens with one attached hydrogen (secondary N) is 1. The van der Waals surface area contributed by atoms with Crippen LogP contribution in [0.3, 0.4) is 0 Å². The van der Waals surface area contributed by atoms with Gasteiger partial charge in [-0.2, -0.15) is 5.26 Å². The first kappa shape index (κ1) is 13.5. The first-order valence-electron chi connectivity index (χ1n) is 6.22. The fourth-order valence-electron chi connectivity index (χ4n) is 2.01. The summed E-state index contributed by atoms with van der Waals surface area (Å²) in [4.78, 5) is 7.58. The molecule has 0 radical (unpaired) electrons. The molecule has 21 heavy (non-hydrogen) atoms. The van der Waals surface area contributed by atoms with Gasteiger partial charge in [-0.05, 0) is 42.0 Å². The van der Waals surface area contributed by atoms with Gasteiger partial charge < -0.3 is 10.7 Å². The minimum absolute atomic E-state index is 0.345. The first-order chi connectivity index (χ1) is 10.2. The molecule has 3 aromatic rings. The van der Waals surface area contributed by atoms with Crippen molar-refractivity contribution in [2.75, 3.05) is 5.73 Å². The summed E-state index contributed by atoms with van der Waals surface area (Å²) in [6.07, 6.45) is 0. The van der Waals surface area contributed by atoms with Crippen molar-refractivity contribution in [3.8, 4) is 6.07 Å². The van der Waals surface area contributed by atoms with E-state index in [2.05, 4.69) is 16.0 Å².